The van der Waals surface area contributed by atoms with Gasteiger partial charge in [0, 0.05) is 38.8 Å². The highest BCUT2D eigenvalue weighted by atomic mass is 32.2. The van der Waals surface area contributed by atoms with Gasteiger partial charge in [-0.05, 0) is 44.7 Å². The van der Waals surface area contributed by atoms with Crippen molar-refractivity contribution in [3.8, 4) is 0 Å². The van der Waals surface area contributed by atoms with Gasteiger partial charge in [-0.15, -0.1) is 0 Å². The van der Waals surface area contributed by atoms with Gasteiger partial charge >= 0.3 is 0 Å². The smallest absolute Gasteiger partial charge is 0.281 e. The Morgan fingerprint density at radius 2 is 1.62 bits per heavy atom. The van der Waals surface area contributed by atoms with Gasteiger partial charge in [-0.1, -0.05) is 17.7 Å². The van der Waals surface area contributed by atoms with E-state index in [0.29, 0.717) is 25.9 Å². The first-order valence-corrected chi connectivity index (χ1v) is 9.59. The fourth-order valence-electron chi connectivity index (χ4n) is 3.18. The maximum absolute atomic E-state index is 12.6. The summed E-state index contributed by atoms with van der Waals surface area (Å²) in [6.45, 7) is 6.77. The highest BCUT2D eigenvalue weighted by molar-refractivity contribution is 7.86. The van der Waals surface area contributed by atoms with Gasteiger partial charge in [0.2, 0.25) is 5.91 Å². The minimum atomic E-state index is -3.39. The van der Waals surface area contributed by atoms with E-state index in [1.54, 1.807) is 0 Å². The van der Waals surface area contributed by atoms with E-state index in [0.717, 1.165) is 16.8 Å². The molecule has 1 N–H and O–H groups in total. The Bertz CT molecular complexity index is 698. The number of amides is 1. The molecule has 7 heteroatoms. The van der Waals surface area contributed by atoms with Crippen molar-refractivity contribution in [2.75, 3.05) is 32.5 Å². The monoisotopic (exact) mass is 353 g/mol. The fraction of sp³-hybridized carbons (Fsp3) is 0.588. The molecular weight excluding hydrogens is 326 g/mol. The number of nitrogens with zero attached hydrogens (tertiary/aromatic N) is 2. The van der Waals surface area contributed by atoms with Crippen LogP contribution in [0.5, 0.6) is 0 Å². The quantitative estimate of drug-likeness (QED) is 0.901. The van der Waals surface area contributed by atoms with Crippen molar-refractivity contribution in [3.63, 3.8) is 0 Å². The van der Waals surface area contributed by atoms with Crippen molar-refractivity contribution in [1.82, 2.24) is 8.61 Å². The molecule has 1 fully saturated rings. The zero-order valence-electron chi connectivity index (χ0n) is 15.1. The van der Waals surface area contributed by atoms with E-state index >= 15 is 0 Å². The minimum Gasteiger partial charge on any atom is -0.325 e. The maximum Gasteiger partial charge on any atom is 0.281 e. The Kier molecular flexibility index (Phi) is 5.67. The summed E-state index contributed by atoms with van der Waals surface area (Å²) in [6, 6.07) is 4.10. The van der Waals surface area contributed by atoms with Crippen LogP contribution in [0.25, 0.3) is 0 Å². The van der Waals surface area contributed by atoms with Gasteiger partial charge in [-0.25, -0.2) is 0 Å². The highest BCUT2D eigenvalue weighted by Crippen LogP contribution is 2.26. The summed E-state index contributed by atoms with van der Waals surface area (Å²) >= 11 is 0. The van der Waals surface area contributed by atoms with E-state index in [1.807, 2.05) is 20.8 Å². The van der Waals surface area contributed by atoms with Crippen LogP contribution in [-0.2, 0) is 15.0 Å². The number of nitrogens with one attached hydrogen (secondary N) is 1. The van der Waals surface area contributed by atoms with E-state index in [4.69, 9.17) is 0 Å². The lowest BCUT2D eigenvalue weighted by atomic mass is 9.96. The molecule has 0 spiro atoms. The summed E-state index contributed by atoms with van der Waals surface area (Å²) in [5, 5.41) is 3.03. The molecule has 1 amide bonds. The number of benzene rings is 1. The second kappa shape index (κ2) is 7.21. The first-order valence-electron chi connectivity index (χ1n) is 8.19. The molecule has 0 unspecified atom stereocenters. The summed E-state index contributed by atoms with van der Waals surface area (Å²) < 4.78 is 26.9. The standard InChI is InChI=1S/C17H27N3O3S/c1-12-10-13(2)16(14(3)11-12)18-17(21)15-6-8-20(9-7-15)24(22,23)19(4)5/h10-11,15H,6-9H2,1-5H3,(H,18,21). The van der Waals surface area contributed by atoms with Gasteiger partial charge in [0.1, 0.15) is 0 Å². The van der Waals surface area contributed by atoms with Crippen LogP contribution in [0.4, 0.5) is 5.69 Å². The number of carbonyl (C=O) groups excluding carboxylic acids is 1. The molecule has 1 saturated heterocycles. The zero-order valence-corrected chi connectivity index (χ0v) is 15.9. The predicted molar refractivity (Wildman–Crippen MR) is 96.2 cm³/mol. The molecule has 1 aliphatic heterocycles. The second-order valence-corrected chi connectivity index (χ2v) is 8.87. The van der Waals surface area contributed by atoms with E-state index < -0.39 is 10.2 Å². The van der Waals surface area contributed by atoms with Crippen molar-refractivity contribution in [3.05, 3.63) is 28.8 Å². The summed E-state index contributed by atoms with van der Waals surface area (Å²) in [5.41, 5.74) is 4.14. The Balaban J connectivity index is 2.02. The molecule has 0 bridgehead atoms. The highest BCUT2D eigenvalue weighted by Gasteiger charge is 2.32. The third kappa shape index (κ3) is 3.96. The van der Waals surface area contributed by atoms with Crippen LogP contribution in [0.2, 0.25) is 0 Å². The molecule has 1 aliphatic rings. The van der Waals surface area contributed by atoms with Crippen molar-refractivity contribution in [1.29, 1.82) is 0 Å². The fourth-order valence-corrected chi connectivity index (χ4v) is 4.32. The van der Waals surface area contributed by atoms with E-state index in [9.17, 15) is 13.2 Å². The molecule has 0 saturated carbocycles. The molecule has 0 aliphatic carbocycles. The Labute approximate surface area is 145 Å². The van der Waals surface area contributed by atoms with Crippen LogP contribution in [0.1, 0.15) is 29.5 Å². The summed E-state index contributed by atoms with van der Waals surface area (Å²) in [4.78, 5) is 12.6. The molecule has 0 radical (unpaired) electrons. The third-order valence-corrected chi connectivity index (χ3v) is 6.48. The molecule has 134 valence electrons. The third-order valence-electron chi connectivity index (χ3n) is 4.54. The first kappa shape index (κ1) is 18.9. The summed E-state index contributed by atoms with van der Waals surface area (Å²) in [7, 11) is -0.341. The molecule has 0 aromatic heterocycles. The number of hydrogen-bond donors (Lipinski definition) is 1. The topological polar surface area (TPSA) is 69.7 Å². The number of aryl methyl sites for hydroxylation is 3. The van der Waals surface area contributed by atoms with Crippen LogP contribution in [0.15, 0.2) is 12.1 Å². The van der Waals surface area contributed by atoms with Crippen molar-refractivity contribution in [2.45, 2.75) is 33.6 Å². The van der Waals surface area contributed by atoms with E-state index in [-0.39, 0.29) is 11.8 Å². The van der Waals surface area contributed by atoms with Crippen LogP contribution in [0, 0.1) is 26.7 Å². The van der Waals surface area contributed by atoms with Crippen LogP contribution in [-0.4, -0.2) is 50.1 Å². The number of carbonyl (C=O) groups is 1. The first-order chi connectivity index (χ1) is 11.1. The van der Waals surface area contributed by atoms with E-state index in [1.165, 1.54) is 28.3 Å². The predicted octanol–water partition coefficient (Wildman–Crippen LogP) is 2.07. The largest absolute Gasteiger partial charge is 0.325 e. The van der Waals surface area contributed by atoms with Crippen molar-refractivity contribution < 1.29 is 13.2 Å². The maximum atomic E-state index is 12.6. The van der Waals surface area contributed by atoms with Crippen LogP contribution < -0.4 is 5.32 Å². The average Bonchev–Trinajstić information content (AvgIpc) is 2.50. The van der Waals surface area contributed by atoms with Crippen molar-refractivity contribution in [2.24, 2.45) is 5.92 Å². The van der Waals surface area contributed by atoms with Gasteiger partial charge < -0.3 is 5.32 Å². The zero-order chi connectivity index (χ0) is 18.1. The Morgan fingerprint density at radius 1 is 1.12 bits per heavy atom. The number of rotatable bonds is 4. The molecule has 1 aromatic rings. The lowest BCUT2D eigenvalue weighted by Gasteiger charge is -2.32. The van der Waals surface area contributed by atoms with Crippen LogP contribution in [0.3, 0.4) is 0 Å². The van der Waals surface area contributed by atoms with Crippen molar-refractivity contribution >= 4 is 21.8 Å². The normalized spacial score (nSPS) is 17.2. The summed E-state index contributed by atoms with van der Waals surface area (Å²) in [6.07, 6.45) is 1.09. The minimum absolute atomic E-state index is 0.0213. The van der Waals surface area contributed by atoms with Gasteiger partial charge in [0.05, 0.1) is 0 Å². The number of piperidine rings is 1. The molecule has 0 atom stereocenters. The molecule has 1 aromatic carbocycles. The molecule has 2 rings (SSSR count). The Hall–Kier alpha value is -1.44. The molecule has 6 nitrogen and oxygen atoms in total. The average molecular weight is 353 g/mol. The molecule has 1 heterocycles. The Morgan fingerprint density at radius 3 is 2.08 bits per heavy atom. The van der Waals surface area contributed by atoms with Gasteiger partial charge in [0.25, 0.3) is 10.2 Å². The van der Waals surface area contributed by atoms with Crippen LogP contribution >= 0.6 is 0 Å². The lowest BCUT2D eigenvalue weighted by Crippen LogP contribution is -2.46. The van der Waals surface area contributed by atoms with Gasteiger partial charge in [0.15, 0.2) is 0 Å². The second-order valence-electron chi connectivity index (χ2n) is 6.73. The van der Waals surface area contributed by atoms with Gasteiger partial charge in [-0.2, -0.15) is 17.0 Å². The van der Waals surface area contributed by atoms with Gasteiger partial charge in [-0.3, -0.25) is 4.79 Å². The number of hydrogen-bond acceptors (Lipinski definition) is 3. The number of anilines is 1. The molecule has 24 heavy (non-hydrogen) atoms. The molecular formula is C17H27N3O3S. The summed E-state index contributed by atoms with van der Waals surface area (Å²) in [5.74, 6) is -0.175. The van der Waals surface area contributed by atoms with E-state index in [2.05, 4.69) is 17.4 Å². The lowest BCUT2D eigenvalue weighted by molar-refractivity contribution is -0.120. The SMILES string of the molecule is Cc1cc(C)c(NC(=O)C2CCN(S(=O)(=O)N(C)C)CC2)c(C)c1.